The third-order valence-corrected chi connectivity index (χ3v) is 4.06. The molecular formula is C20H24BrNO5. The number of rotatable bonds is 10. The number of aromatic nitrogens is 1. The van der Waals surface area contributed by atoms with E-state index in [0.717, 1.165) is 15.9 Å². The van der Waals surface area contributed by atoms with Crippen LogP contribution in [0.25, 0.3) is 0 Å². The first-order chi connectivity index (χ1) is 13.0. The average Bonchev–Trinajstić information content (AvgIpc) is 2.64. The number of esters is 1. The van der Waals surface area contributed by atoms with Crippen molar-refractivity contribution < 1.29 is 23.7 Å². The van der Waals surface area contributed by atoms with Crippen LogP contribution in [0.5, 0.6) is 11.5 Å². The predicted octanol–water partition coefficient (Wildman–Crippen LogP) is 4.25. The molecule has 2 aromatic rings. The molecule has 6 nitrogen and oxygen atoms in total. The standard InChI is InChI=1S/C20H24BrNO5/c1-4-24-12-18(16-7-6-8-19(21)22-16)27-15-9-10-17(14(3)11-15)26-13-20(23)25-5-2/h6-11,18H,4-5,12-13H2,1-3H3. The predicted molar refractivity (Wildman–Crippen MR) is 105 cm³/mol. The Morgan fingerprint density at radius 3 is 2.67 bits per heavy atom. The highest BCUT2D eigenvalue weighted by Crippen LogP contribution is 2.27. The second-order valence-electron chi connectivity index (χ2n) is 5.67. The van der Waals surface area contributed by atoms with Crippen LogP contribution in [0.15, 0.2) is 41.0 Å². The third kappa shape index (κ3) is 6.84. The molecule has 1 aromatic heterocycles. The summed E-state index contributed by atoms with van der Waals surface area (Å²) in [6.45, 7) is 6.78. The van der Waals surface area contributed by atoms with Crippen LogP contribution in [0.3, 0.4) is 0 Å². The Hall–Kier alpha value is -2.12. The fraction of sp³-hybridized carbons (Fsp3) is 0.400. The van der Waals surface area contributed by atoms with Gasteiger partial charge in [-0.15, -0.1) is 0 Å². The zero-order valence-corrected chi connectivity index (χ0v) is 17.3. The quantitative estimate of drug-likeness (QED) is 0.408. The lowest BCUT2D eigenvalue weighted by molar-refractivity contribution is -0.145. The molecule has 1 unspecified atom stereocenters. The van der Waals surface area contributed by atoms with Crippen LogP contribution in [-0.4, -0.2) is 37.4 Å². The lowest BCUT2D eigenvalue weighted by atomic mass is 10.2. The molecule has 7 heteroatoms. The molecule has 27 heavy (non-hydrogen) atoms. The van der Waals surface area contributed by atoms with Crippen LogP contribution in [0.1, 0.15) is 31.2 Å². The largest absolute Gasteiger partial charge is 0.482 e. The van der Waals surface area contributed by atoms with Crippen molar-refractivity contribution in [3.63, 3.8) is 0 Å². The minimum Gasteiger partial charge on any atom is -0.482 e. The Balaban J connectivity index is 2.08. The molecule has 0 spiro atoms. The summed E-state index contributed by atoms with van der Waals surface area (Å²) >= 11 is 3.38. The first-order valence-electron chi connectivity index (χ1n) is 8.79. The summed E-state index contributed by atoms with van der Waals surface area (Å²) in [5.41, 5.74) is 1.63. The van der Waals surface area contributed by atoms with Crippen molar-refractivity contribution in [2.75, 3.05) is 26.4 Å². The van der Waals surface area contributed by atoms with Crippen molar-refractivity contribution >= 4 is 21.9 Å². The number of carbonyl (C=O) groups is 1. The van der Waals surface area contributed by atoms with Crippen LogP contribution in [0.4, 0.5) is 0 Å². The summed E-state index contributed by atoms with van der Waals surface area (Å²) in [6.07, 6.45) is -0.340. The zero-order chi connectivity index (χ0) is 19.6. The molecule has 0 aliphatic rings. The molecule has 0 fully saturated rings. The maximum absolute atomic E-state index is 11.4. The van der Waals surface area contributed by atoms with Gasteiger partial charge in [-0.25, -0.2) is 9.78 Å². The SMILES string of the molecule is CCOCC(Oc1ccc(OCC(=O)OCC)c(C)c1)c1cccc(Br)n1. The molecule has 0 N–H and O–H groups in total. The molecule has 2 rings (SSSR count). The molecule has 0 bridgehead atoms. The Morgan fingerprint density at radius 1 is 1.19 bits per heavy atom. The highest BCUT2D eigenvalue weighted by molar-refractivity contribution is 9.10. The van der Waals surface area contributed by atoms with Crippen molar-refractivity contribution in [2.24, 2.45) is 0 Å². The maximum Gasteiger partial charge on any atom is 0.344 e. The number of pyridine rings is 1. The van der Waals surface area contributed by atoms with Crippen molar-refractivity contribution in [3.05, 3.63) is 52.3 Å². The fourth-order valence-electron chi connectivity index (χ4n) is 2.37. The summed E-state index contributed by atoms with van der Waals surface area (Å²) in [7, 11) is 0. The summed E-state index contributed by atoms with van der Waals surface area (Å²) < 4.78 is 22.8. The second-order valence-corrected chi connectivity index (χ2v) is 6.48. The monoisotopic (exact) mass is 437 g/mol. The maximum atomic E-state index is 11.4. The van der Waals surface area contributed by atoms with Crippen molar-refractivity contribution in [1.29, 1.82) is 0 Å². The molecule has 0 aliphatic heterocycles. The first-order valence-corrected chi connectivity index (χ1v) is 9.58. The molecule has 1 atom stereocenters. The number of aryl methyl sites for hydroxylation is 1. The molecule has 0 amide bonds. The van der Waals surface area contributed by atoms with Gasteiger partial charge in [0.2, 0.25) is 0 Å². The van der Waals surface area contributed by atoms with Gasteiger partial charge in [-0.2, -0.15) is 0 Å². The normalized spacial score (nSPS) is 11.7. The van der Waals surface area contributed by atoms with Crippen molar-refractivity contribution in [2.45, 2.75) is 26.9 Å². The summed E-state index contributed by atoms with van der Waals surface area (Å²) in [5.74, 6) is 0.884. The Kier molecular flexibility index (Phi) is 8.54. The number of nitrogens with zero attached hydrogens (tertiary/aromatic N) is 1. The number of carbonyl (C=O) groups excluding carboxylic acids is 1. The highest BCUT2D eigenvalue weighted by atomic mass is 79.9. The van der Waals surface area contributed by atoms with Crippen LogP contribution in [0, 0.1) is 6.92 Å². The molecule has 0 radical (unpaired) electrons. The highest BCUT2D eigenvalue weighted by Gasteiger charge is 2.16. The van der Waals surface area contributed by atoms with E-state index in [1.165, 1.54) is 0 Å². The lowest BCUT2D eigenvalue weighted by Gasteiger charge is -2.19. The van der Waals surface area contributed by atoms with Crippen molar-refractivity contribution in [3.8, 4) is 11.5 Å². The number of ether oxygens (including phenoxy) is 4. The van der Waals surface area contributed by atoms with Crippen LogP contribution in [-0.2, 0) is 14.3 Å². The molecule has 1 heterocycles. The summed E-state index contributed by atoms with van der Waals surface area (Å²) in [5, 5.41) is 0. The van der Waals surface area contributed by atoms with E-state index in [1.54, 1.807) is 19.1 Å². The molecular weight excluding hydrogens is 414 g/mol. The number of hydrogen-bond donors (Lipinski definition) is 0. The van der Waals surface area contributed by atoms with Gasteiger partial charge < -0.3 is 18.9 Å². The Labute approximate surface area is 167 Å². The van der Waals surface area contributed by atoms with Gasteiger partial charge >= 0.3 is 5.97 Å². The number of halogens is 1. The van der Waals surface area contributed by atoms with Gasteiger partial charge in [-0.3, -0.25) is 0 Å². The van der Waals surface area contributed by atoms with Gasteiger partial charge in [0.05, 0.1) is 18.9 Å². The Morgan fingerprint density at radius 2 is 2.00 bits per heavy atom. The average molecular weight is 438 g/mol. The van der Waals surface area contributed by atoms with E-state index in [-0.39, 0.29) is 12.7 Å². The van der Waals surface area contributed by atoms with Crippen molar-refractivity contribution in [1.82, 2.24) is 4.98 Å². The van der Waals surface area contributed by atoms with E-state index < -0.39 is 5.97 Å². The van der Waals surface area contributed by atoms with Gasteiger partial charge in [0.1, 0.15) is 16.1 Å². The van der Waals surface area contributed by atoms with Crippen LogP contribution >= 0.6 is 15.9 Å². The van der Waals surface area contributed by atoms with E-state index in [0.29, 0.717) is 31.3 Å². The van der Waals surface area contributed by atoms with E-state index in [2.05, 4.69) is 20.9 Å². The van der Waals surface area contributed by atoms with Gasteiger partial charge in [0.15, 0.2) is 12.7 Å². The van der Waals surface area contributed by atoms with Crippen LogP contribution < -0.4 is 9.47 Å². The smallest absolute Gasteiger partial charge is 0.344 e. The summed E-state index contributed by atoms with van der Waals surface area (Å²) in [4.78, 5) is 15.9. The Bertz CT molecular complexity index is 753. The third-order valence-electron chi connectivity index (χ3n) is 3.62. The number of benzene rings is 1. The minimum absolute atomic E-state index is 0.121. The van der Waals surface area contributed by atoms with Gasteiger partial charge in [0.25, 0.3) is 0 Å². The zero-order valence-electron chi connectivity index (χ0n) is 15.7. The second kappa shape index (κ2) is 10.9. The van der Waals surface area contributed by atoms with E-state index >= 15 is 0 Å². The molecule has 1 aromatic carbocycles. The molecule has 0 saturated heterocycles. The van der Waals surface area contributed by atoms with Gasteiger partial charge in [-0.1, -0.05) is 6.07 Å². The topological polar surface area (TPSA) is 66.9 Å². The van der Waals surface area contributed by atoms with E-state index in [9.17, 15) is 4.79 Å². The van der Waals surface area contributed by atoms with Crippen LogP contribution in [0.2, 0.25) is 0 Å². The molecule has 146 valence electrons. The first kappa shape index (κ1) is 21.2. The summed E-state index contributed by atoms with van der Waals surface area (Å²) in [6, 6.07) is 11.1. The molecule has 0 saturated carbocycles. The molecule has 0 aliphatic carbocycles. The fourth-order valence-corrected chi connectivity index (χ4v) is 2.73. The van der Waals surface area contributed by atoms with E-state index in [1.807, 2.05) is 38.1 Å². The lowest BCUT2D eigenvalue weighted by Crippen LogP contribution is -2.17. The van der Waals surface area contributed by atoms with Gasteiger partial charge in [-0.05, 0) is 72.6 Å². The van der Waals surface area contributed by atoms with Gasteiger partial charge in [0, 0.05) is 6.61 Å². The minimum atomic E-state index is -0.394. The number of hydrogen-bond acceptors (Lipinski definition) is 6. The van der Waals surface area contributed by atoms with E-state index in [4.69, 9.17) is 18.9 Å².